The average molecular weight is 470 g/mol. The molecule has 1 heterocycles. The van der Waals surface area contributed by atoms with Gasteiger partial charge in [-0.3, -0.25) is 9.36 Å². The Labute approximate surface area is 191 Å². The molecule has 0 unspecified atom stereocenters. The molecule has 0 fully saturated rings. The molecular formula is C23H17F3N4O2S. The van der Waals surface area contributed by atoms with Crippen molar-refractivity contribution >= 4 is 23.4 Å². The molecule has 4 rings (SSSR count). The number of benzene rings is 3. The average Bonchev–Trinajstić information content (AvgIpc) is 3.23. The molecule has 3 aromatic carbocycles. The van der Waals surface area contributed by atoms with Gasteiger partial charge in [-0.05, 0) is 24.3 Å². The predicted molar refractivity (Wildman–Crippen MR) is 119 cm³/mol. The summed E-state index contributed by atoms with van der Waals surface area (Å²) in [5.41, 5.74) is 1.59. The number of thioether (sulfide) groups is 1. The number of anilines is 1. The molecule has 0 saturated carbocycles. The number of rotatable bonds is 7. The molecule has 0 aliphatic carbocycles. The molecule has 0 radical (unpaired) electrons. The number of hydrogen-bond acceptors (Lipinski definition) is 5. The number of carbonyl (C=O) groups is 1. The largest absolute Gasteiger partial charge is 0.573 e. The van der Waals surface area contributed by atoms with Crippen LogP contribution in [0.4, 0.5) is 18.9 Å². The molecule has 1 aromatic heterocycles. The van der Waals surface area contributed by atoms with Crippen LogP contribution >= 0.6 is 11.8 Å². The monoisotopic (exact) mass is 470 g/mol. The summed E-state index contributed by atoms with van der Waals surface area (Å²) in [4.78, 5) is 12.5. The zero-order valence-corrected chi connectivity index (χ0v) is 17.8. The highest BCUT2D eigenvalue weighted by Crippen LogP contribution is 2.31. The Hall–Kier alpha value is -3.79. The number of halogens is 3. The van der Waals surface area contributed by atoms with E-state index in [1.54, 1.807) is 0 Å². The molecule has 1 amide bonds. The topological polar surface area (TPSA) is 69.0 Å². The Morgan fingerprint density at radius 1 is 0.909 bits per heavy atom. The van der Waals surface area contributed by atoms with Gasteiger partial charge in [0, 0.05) is 11.3 Å². The number of para-hydroxylation sites is 3. The van der Waals surface area contributed by atoms with E-state index >= 15 is 0 Å². The van der Waals surface area contributed by atoms with Crippen LogP contribution in [0.25, 0.3) is 17.1 Å². The normalized spacial score (nSPS) is 11.2. The van der Waals surface area contributed by atoms with Crippen LogP contribution in [0.3, 0.4) is 0 Å². The molecule has 33 heavy (non-hydrogen) atoms. The van der Waals surface area contributed by atoms with Gasteiger partial charge in [-0.1, -0.05) is 72.4 Å². The van der Waals surface area contributed by atoms with E-state index in [0.29, 0.717) is 11.0 Å². The fraction of sp³-hybridized carbons (Fsp3) is 0.0870. The predicted octanol–water partition coefficient (Wildman–Crippen LogP) is 5.56. The van der Waals surface area contributed by atoms with Crippen molar-refractivity contribution in [1.82, 2.24) is 14.8 Å². The minimum absolute atomic E-state index is 0.0741. The van der Waals surface area contributed by atoms with E-state index in [1.807, 2.05) is 65.2 Å². The molecule has 0 aliphatic heterocycles. The molecule has 0 aliphatic rings. The van der Waals surface area contributed by atoms with Crippen molar-refractivity contribution in [3.8, 4) is 22.8 Å². The minimum atomic E-state index is -4.87. The van der Waals surface area contributed by atoms with Gasteiger partial charge in [-0.15, -0.1) is 23.4 Å². The van der Waals surface area contributed by atoms with Crippen LogP contribution in [-0.4, -0.2) is 32.8 Å². The van der Waals surface area contributed by atoms with Crippen LogP contribution in [0.2, 0.25) is 0 Å². The highest BCUT2D eigenvalue weighted by Gasteiger charge is 2.32. The van der Waals surface area contributed by atoms with E-state index in [4.69, 9.17) is 0 Å². The number of hydrogen-bond donors (Lipinski definition) is 1. The zero-order chi connectivity index (χ0) is 23.3. The van der Waals surface area contributed by atoms with Crippen molar-refractivity contribution in [3.05, 3.63) is 84.9 Å². The Morgan fingerprint density at radius 2 is 1.55 bits per heavy atom. The molecule has 0 bridgehead atoms. The van der Waals surface area contributed by atoms with Crippen LogP contribution in [0, 0.1) is 0 Å². The number of nitrogens with zero attached hydrogens (tertiary/aromatic N) is 3. The summed E-state index contributed by atoms with van der Waals surface area (Å²) >= 11 is 1.12. The first-order valence-electron chi connectivity index (χ1n) is 9.74. The van der Waals surface area contributed by atoms with Gasteiger partial charge in [0.2, 0.25) is 5.91 Å². The van der Waals surface area contributed by atoms with Crippen LogP contribution in [0.5, 0.6) is 5.75 Å². The molecule has 1 N–H and O–H groups in total. The van der Waals surface area contributed by atoms with Gasteiger partial charge in [-0.2, -0.15) is 0 Å². The lowest BCUT2D eigenvalue weighted by Crippen LogP contribution is -2.20. The minimum Gasteiger partial charge on any atom is -0.404 e. The van der Waals surface area contributed by atoms with E-state index in [9.17, 15) is 18.0 Å². The van der Waals surface area contributed by atoms with E-state index in [1.165, 1.54) is 18.2 Å². The lowest BCUT2D eigenvalue weighted by Gasteiger charge is -2.14. The first-order valence-corrected chi connectivity index (χ1v) is 10.7. The van der Waals surface area contributed by atoms with Crippen molar-refractivity contribution in [3.63, 3.8) is 0 Å². The number of carbonyl (C=O) groups excluding carboxylic acids is 1. The quantitative estimate of drug-likeness (QED) is 0.358. The first kappa shape index (κ1) is 22.4. The third-order valence-corrected chi connectivity index (χ3v) is 5.33. The first-order chi connectivity index (χ1) is 15.9. The summed E-state index contributed by atoms with van der Waals surface area (Å²) in [6.45, 7) is 0. The van der Waals surface area contributed by atoms with Crippen molar-refractivity contribution in [2.75, 3.05) is 11.1 Å². The van der Waals surface area contributed by atoms with Gasteiger partial charge in [0.1, 0.15) is 0 Å². The van der Waals surface area contributed by atoms with Crippen LogP contribution < -0.4 is 10.1 Å². The van der Waals surface area contributed by atoms with Crippen molar-refractivity contribution in [2.24, 2.45) is 0 Å². The SMILES string of the molecule is O=C(CSc1nnc(-c2ccccc2)n1-c1ccccc1)Nc1ccccc1OC(F)(F)F. The number of aromatic nitrogens is 3. The summed E-state index contributed by atoms with van der Waals surface area (Å²) in [6, 6.07) is 24.3. The zero-order valence-electron chi connectivity index (χ0n) is 17.0. The van der Waals surface area contributed by atoms with Gasteiger partial charge in [0.05, 0.1) is 11.4 Å². The van der Waals surface area contributed by atoms with Crippen molar-refractivity contribution in [1.29, 1.82) is 0 Å². The summed E-state index contributed by atoms with van der Waals surface area (Å²) in [5.74, 6) is -0.488. The number of alkyl halides is 3. The number of ether oxygens (including phenoxy) is 1. The maximum absolute atomic E-state index is 12.6. The van der Waals surface area contributed by atoms with Crippen LogP contribution in [0.15, 0.2) is 90.1 Å². The lowest BCUT2D eigenvalue weighted by molar-refractivity contribution is -0.274. The standard InChI is InChI=1S/C23H17F3N4O2S/c24-23(25,26)32-19-14-8-7-13-18(19)27-20(31)15-33-22-29-28-21(16-9-3-1-4-10-16)30(22)17-11-5-2-6-12-17/h1-14H,15H2,(H,27,31). The summed E-state index contributed by atoms with van der Waals surface area (Å²) < 4.78 is 43.7. The summed E-state index contributed by atoms with van der Waals surface area (Å²) in [7, 11) is 0. The van der Waals surface area contributed by atoms with Crippen molar-refractivity contribution in [2.45, 2.75) is 11.5 Å². The van der Waals surface area contributed by atoms with E-state index in [2.05, 4.69) is 20.3 Å². The summed E-state index contributed by atoms with van der Waals surface area (Å²) in [5, 5.41) is 11.5. The number of amides is 1. The van der Waals surface area contributed by atoms with Gasteiger partial charge in [0.15, 0.2) is 16.7 Å². The van der Waals surface area contributed by atoms with Gasteiger partial charge in [0.25, 0.3) is 0 Å². The molecule has 10 heteroatoms. The number of nitrogens with one attached hydrogen (secondary N) is 1. The highest BCUT2D eigenvalue weighted by atomic mass is 32.2. The summed E-state index contributed by atoms with van der Waals surface area (Å²) in [6.07, 6.45) is -4.87. The highest BCUT2D eigenvalue weighted by molar-refractivity contribution is 7.99. The van der Waals surface area contributed by atoms with E-state index < -0.39 is 18.0 Å². The lowest BCUT2D eigenvalue weighted by atomic mass is 10.2. The van der Waals surface area contributed by atoms with E-state index in [0.717, 1.165) is 29.1 Å². The molecule has 0 atom stereocenters. The van der Waals surface area contributed by atoms with Gasteiger partial charge < -0.3 is 10.1 Å². The maximum atomic E-state index is 12.6. The fourth-order valence-corrected chi connectivity index (χ4v) is 3.80. The molecule has 4 aromatic rings. The fourth-order valence-electron chi connectivity index (χ4n) is 3.05. The van der Waals surface area contributed by atoms with Crippen LogP contribution in [0.1, 0.15) is 0 Å². The third-order valence-electron chi connectivity index (χ3n) is 4.40. The van der Waals surface area contributed by atoms with Crippen LogP contribution in [-0.2, 0) is 4.79 Å². The molecule has 168 valence electrons. The maximum Gasteiger partial charge on any atom is 0.573 e. The Kier molecular flexibility index (Phi) is 6.64. The molecule has 0 saturated heterocycles. The smallest absolute Gasteiger partial charge is 0.404 e. The molecular weight excluding hydrogens is 453 g/mol. The Morgan fingerprint density at radius 3 is 2.24 bits per heavy atom. The van der Waals surface area contributed by atoms with E-state index in [-0.39, 0.29) is 11.4 Å². The second-order valence-corrected chi connectivity index (χ2v) is 7.67. The molecule has 0 spiro atoms. The molecule has 6 nitrogen and oxygen atoms in total. The van der Waals surface area contributed by atoms with Gasteiger partial charge in [-0.25, -0.2) is 0 Å². The van der Waals surface area contributed by atoms with Crippen molar-refractivity contribution < 1.29 is 22.7 Å². The Balaban J connectivity index is 1.54. The Bertz CT molecular complexity index is 1230. The second kappa shape index (κ2) is 9.78. The van der Waals surface area contributed by atoms with Gasteiger partial charge >= 0.3 is 6.36 Å². The third kappa shape index (κ3) is 5.72. The second-order valence-electron chi connectivity index (χ2n) is 6.72.